The third kappa shape index (κ3) is 3.28. The molecule has 0 saturated carbocycles. The molecule has 0 aliphatic carbocycles. The second-order valence-electron chi connectivity index (χ2n) is 4.22. The van der Waals surface area contributed by atoms with Gasteiger partial charge in [0.05, 0.1) is 4.90 Å². The molecular formula is C11H14BrFN2O2S. The number of rotatable bonds is 4. The zero-order valence-corrected chi connectivity index (χ0v) is 12.0. The molecule has 2 rings (SSSR count). The summed E-state index contributed by atoms with van der Waals surface area (Å²) in [5.74, 6) is -0.572. The van der Waals surface area contributed by atoms with Crippen molar-refractivity contribution in [2.24, 2.45) is 0 Å². The fourth-order valence-corrected chi connectivity index (χ4v) is 3.96. The molecule has 18 heavy (non-hydrogen) atoms. The molecule has 1 heterocycles. The SMILES string of the molecule is O=S(=O)(NCC1CCCN1)c1cc(F)ccc1Br. The van der Waals surface area contributed by atoms with E-state index in [0.717, 1.165) is 25.5 Å². The second kappa shape index (κ2) is 5.64. The number of hydrogen-bond donors (Lipinski definition) is 2. The molecule has 0 radical (unpaired) electrons. The number of sulfonamides is 1. The van der Waals surface area contributed by atoms with Crippen LogP contribution >= 0.6 is 15.9 Å². The summed E-state index contributed by atoms with van der Waals surface area (Å²) in [7, 11) is -3.68. The molecule has 7 heteroatoms. The maximum Gasteiger partial charge on any atom is 0.241 e. The highest BCUT2D eigenvalue weighted by atomic mass is 79.9. The van der Waals surface area contributed by atoms with E-state index in [1.165, 1.54) is 12.1 Å². The summed E-state index contributed by atoms with van der Waals surface area (Å²) in [5.41, 5.74) is 0. The van der Waals surface area contributed by atoms with E-state index in [2.05, 4.69) is 26.0 Å². The van der Waals surface area contributed by atoms with Gasteiger partial charge in [0.2, 0.25) is 10.0 Å². The molecule has 0 aromatic heterocycles. The first-order valence-corrected chi connectivity index (χ1v) is 7.95. The average molecular weight is 337 g/mol. The molecule has 0 bridgehead atoms. The second-order valence-corrected chi connectivity index (χ2v) is 6.81. The minimum absolute atomic E-state index is 0.0690. The topological polar surface area (TPSA) is 58.2 Å². The zero-order chi connectivity index (χ0) is 13.2. The highest BCUT2D eigenvalue weighted by Crippen LogP contribution is 2.22. The van der Waals surface area contributed by atoms with Crippen LogP contribution in [0.3, 0.4) is 0 Å². The zero-order valence-electron chi connectivity index (χ0n) is 9.62. The highest BCUT2D eigenvalue weighted by Gasteiger charge is 2.21. The summed E-state index contributed by atoms with van der Waals surface area (Å²) in [5, 5.41) is 3.19. The van der Waals surface area contributed by atoms with E-state index in [0.29, 0.717) is 11.0 Å². The molecule has 1 aliphatic rings. The summed E-state index contributed by atoms with van der Waals surface area (Å²) in [4.78, 5) is -0.0690. The number of benzene rings is 1. The van der Waals surface area contributed by atoms with Crippen molar-refractivity contribution in [3.63, 3.8) is 0 Å². The molecule has 4 nitrogen and oxygen atoms in total. The largest absolute Gasteiger partial charge is 0.313 e. The Balaban J connectivity index is 2.12. The fourth-order valence-electron chi connectivity index (χ4n) is 1.90. The Kier molecular flexibility index (Phi) is 4.37. The van der Waals surface area contributed by atoms with Gasteiger partial charge in [0, 0.05) is 17.1 Å². The van der Waals surface area contributed by atoms with Gasteiger partial charge in [0.1, 0.15) is 5.82 Å². The lowest BCUT2D eigenvalue weighted by Gasteiger charge is -2.12. The van der Waals surface area contributed by atoms with Gasteiger partial charge in [-0.2, -0.15) is 0 Å². The van der Waals surface area contributed by atoms with Gasteiger partial charge in [-0.25, -0.2) is 17.5 Å². The van der Waals surface area contributed by atoms with Gasteiger partial charge in [-0.05, 0) is 53.5 Å². The molecule has 1 aliphatic heterocycles. The first kappa shape index (κ1) is 13.9. The predicted molar refractivity (Wildman–Crippen MR) is 70.3 cm³/mol. The van der Waals surface area contributed by atoms with Crippen molar-refractivity contribution in [1.82, 2.24) is 10.0 Å². The van der Waals surface area contributed by atoms with E-state index in [1.54, 1.807) is 0 Å². The molecule has 1 fully saturated rings. The molecule has 1 aromatic rings. The Morgan fingerprint density at radius 2 is 2.28 bits per heavy atom. The van der Waals surface area contributed by atoms with Crippen molar-refractivity contribution in [2.45, 2.75) is 23.8 Å². The van der Waals surface area contributed by atoms with Gasteiger partial charge in [-0.3, -0.25) is 0 Å². The lowest BCUT2D eigenvalue weighted by molar-refractivity contribution is 0.549. The van der Waals surface area contributed by atoms with Gasteiger partial charge in [-0.15, -0.1) is 0 Å². The van der Waals surface area contributed by atoms with Crippen LogP contribution in [-0.4, -0.2) is 27.5 Å². The Labute approximate surface area is 114 Å². The predicted octanol–water partition coefficient (Wildman–Crippen LogP) is 1.62. The summed E-state index contributed by atoms with van der Waals surface area (Å²) < 4.78 is 40.0. The molecular weight excluding hydrogens is 323 g/mol. The maximum absolute atomic E-state index is 13.1. The lowest BCUT2D eigenvalue weighted by atomic mass is 10.2. The van der Waals surface area contributed by atoms with Crippen molar-refractivity contribution in [1.29, 1.82) is 0 Å². The van der Waals surface area contributed by atoms with Gasteiger partial charge in [0.25, 0.3) is 0 Å². The van der Waals surface area contributed by atoms with Crippen molar-refractivity contribution < 1.29 is 12.8 Å². The quantitative estimate of drug-likeness (QED) is 0.878. The summed E-state index contributed by atoms with van der Waals surface area (Å²) >= 11 is 3.12. The van der Waals surface area contributed by atoms with Crippen molar-refractivity contribution in [3.05, 3.63) is 28.5 Å². The molecule has 1 aromatic carbocycles. The van der Waals surface area contributed by atoms with E-state index in [9.17, 15) is 12.8 Å². The Hall–Kier alpha value is -0.500. The summed E-state index contributed by atoms with van der Waals surface area (Å²) in [6.07, 6.45) is 2.00. The van der Waals surface area contributed by atoms with Crippen LogP contribution in [0.2, 0.25) is 0 Å². The van der Waals surface area contributed by atoms with E-state index in [-0.39, 0.29) is 10.9 Å². The number of hydrogen-bond acceptors (Lipinski definition) is 3. The maximum atomic E-state index is 13.1. The molecule has 0 amide bonds. The molecule has 2 N–H and O–H groups in total. The van der Waals surface area contributed by atoms with Crippen LogP contribution in [0.5, 0.6) is 0 Å². The normalized spacial score (nSPS) is 20.2. The Morgan fingerprint density at radius 3 is 2.94 bits per heavy atom. The first-order chi connectivity index (χ1) is 8.49. The molecule has 100 valence electrons. The molecule has 0 spiro atoms. The van der Waals surface area contributed by atoms with Crippen LogP contribution in [0.1, 0.15) is 12.8 Å². The van der Waals surface area contributed by atoms with Crippen LogP contribution in [-0.2, 0) is 10.0 Å². The third-order valence-corrected chi connectivity index (χ3v) is 5.28. The molecule has 1 unspecified atom stereocenters. The smallest absolute Gasteiger partial charge is 0.241 e. The van der Waals surface area contributed by atoms with Gasteiger partial charge < -0.3 is 5.32 Å². The lowest BCUT2D eigenvalue weighted by Crippen LogP contribution is -2.37. The first-order valence-electron chi connectivity index (χ1n) is 5.67. The number of nitrogens with one attached hydrogen (secondary N) is 2. The molecule has 1 saturated heterocycles. The van der Waals surface area contributed by atoms with Crippen molar-refractivity contribution in [3.8, 4) is 0 Å². The van der Waals surface area contributed by atoms with Gasteiger partial charge in [0.15, 0.2) is 0 Å². The summed E-state index contributed by atoms with van der Waals surface area (Å²) in [6, 6.07) is 3.76. The Bertz CT molecular complexity index is 530. The monoisotopic (exact) mass is 336 g/mol. The van der Waals surface area contributed by atoms with Crippen LogP contribution in [0, 0.1) is 5.82 Å². The third-order valence-electron chi connectivity index (χ3n) is 2.86. The fraction of sp³-hybridized carbons (Fsp3) is 0.455. The van der Waals surface area contributed by atoms with E-state index < -0.39 is 15.8 Å². The van der Waals surface area contributed by atoms with Crippen molar-refractivity contribution >= 4 is 26.0 Å². The van der Waals surface area contributed by atoms with Crippen LogP contribution < -0.4 is 10.0 Å². The highest BCUT2D eigenvalue weighted by molar-refractivity contribution is 9.10. The van der Waals surface area contributed by atoms with Gasteiger partial charge >= 0.3 is 0 Å². The van der Waals surface area contributed by atoms with Gasteiger partial charge in [-0.1, -0.05) is 0 Å². The molecule has 1 atom stereocenters. The summed E-state index contributed by atoms with van der Waals surface area (Å²) in [6.45, 7) is 1.24. The van der Waals surface area contributed by atoms with E-state index in [1.807, 2.05) is 0 Å². The van der Waals surface area contributed by atoms with E-state index in [4.69, 9.17) is 0 Å². The van der Waals surface area contributed by atoms with Crippen LogP contribution in [0.4, 0.5) is 4.39 Å². The minimum Gasteiger partial charge on any atom is -0.313 e. The van der Waals surface area contributed by atoms with E-state index >= 15 is 0 Å². The van der Waals surface area contributed by atoms with Crippen molar-refractivity contribution in [2.75, 3.05) is 13.1 Å². The minimum atomic E-state index is -3.68. The van der Waals surface area contributed by atoms with Crippen LogP contribution in [0.25, 0.3) is 0 Å². The Morgan fingerprint density at radius 1 is 1.50 bits per heavy atom. The van der Waals surface area contributed by atoms with Crippen LogP contribution in [0.15, 0.2) is 27.6 Å². The number of halogens is 2. The average Bonchev–Trinajstić information content (AvgIpc) is 2.83. The standard InChI is InChI=1S/C11H14BrFN2O2S/c12-10-4-3-8(13)6-11(10)18(16,17)15-7-9-2-1-5-14-9/h3-4,6,9,14-15H,1-2,5,7H2.